The van der Waals surface area contributed by atoms with Gasteiger partial charge in [0.25, 0.3) is 0 Å². The molecule has 0 saturated carbocycles. The molecule has 0 unspecified atom stereocenters. The Hall–Kier alpha value is -2.01. The molecule has 0 bridgehead atoms. The topological polar surface area (TPSA) is 35.2 Å². The van der Waals surface area contributed by atoms with E-state index in [0.29, 0.717) is 11.1 Å². The number of hydrogen-bond acceptors (Lipinski definition) is 2. The zero-order valence-corrected chi connectivity index (χ0v) is 10.8. The fraction of sp³-hybridized carbons (Fsp3) is 0.200. The van der Waals surface area contributed by atoms with Gasteiger partial charge < -0.3 is 10.5 Å². The molecule has 2 rings (SSSR count). The molecule has 0 aliphatic carbocycles. The van der Waals surface area contributed by atoms with Gasteiger partial charge in [-0.1, -0.05) is 42.5 Å². The number of rotatable bonds is 3. The highest BCUT2D eigenvalue weighted by Crippen LogP contribution is 2.33. The lowest BCUT2D eigenvalue weighted by Crippen LogP contribution is -2.17. The Morgan fingerprint density at radius 3 is 2.15 bits per heavy atom. The lowest BCUT2D eigenvalue weighted by Gasteiger charge is -2.14. The summed E-state index contributed by atoms with van der Waals surface area (Å²) in [6, 6.07) is 13.0. The number of hydrogen-bond donors (Lipinski definition) is 1. The monoisotopic (exact) mass is 281 g/mol. The molecule has 5 heteroatoms. The summed E-state index contributed by atoms with van der Waals surface area (Å²) in [5.74, 6) is -0.214. The van der Waals surface area contributed by atoms with Crippen LogP contribution in [0.2, 0.25) is 0 Å². The largest absolute Gasteiger partial charge is 0.573 e. The van der Waals surface area contributed by atoms with Crippen molar-refractivity contribution in [2.45, 2.75) is 19.3 Å². The lowest BCUT2D eigenvalue weighted by molar-refractivity contribution is -0.274. The standard InChI is InChI=1S/C15H14F3NO/c1-10(19)11-6-8-12(9-7-11)13-4-2-3-5-14(13)20-15(16,17)18/h2-10H,19H2,1H3/t10-/m0/s1. The molecular weight excluding hydrogens is 267 g/mol. The second-order valence-corrected chi connectivity index (χ2v) is 4.45. The van der Waals surface area contributed by atoms with Crippen LogP contribution in [-0.2, 0) is 0 Å². The molecule has 0 spiro atoms. The Morgan fingerprint density at radius 1 is 1.00 bits per heavy atom. The van der Waals surface area contributed by atoms with E-state index in [1.165, 1.54) is 12.1 Å². The quantitative estimate of drug-likeness (QED) is 0.911. The van der Waals surface area contributed by atoms with Crippen molar-refractivity contribution < 1.29 is 17.9 Å². The number of halogens is 3. The number of alkyl halides is 3. The van der Waals surface area contributed by atoms with Gasteiger partial charge in [0, 0.05) is 11.6 Å². The van der Waals surface area contributed by atoms with Crippen molar-refractivity contribution in [1.82, 2.24) is 0 Å². The average Bonchev–Trinajstić information content (AvgIpc) is 2.37. The van der Waals surface area contributed by atoms with Crippen molar-refractivity contribution in [3.63, 3.8) is 0 Å². The summed E-state index contributed by atoms with van der Waals surface area (Å²) in [5.41, 5.74) is 7.70. The van der Waals surface area contributed by atoms with Crippen LogP contribution in [0.3, 0.4) is 0 Å². The molecule has 20 heavy (non-hydrogen) atoms. The van der Waals surface area contributed by atoms with E-state index >= 15 is 0 Å². The maximum Gasteiger partial charge on any atom is 0.573 e. The minimum absolute atomic E-state index is 0.120. The van der Waals surface area contributed by atoms with Crippen molar-refractivity contribution in [3.05, 3.63) is 54.1 Å². The van der Waals surface area contributed by atoms with Crippen LogP contribution < -0.4 is 10.5 Å². The molecule has 0 radical (unpaired) electrons. The van der Waals surface area contributed by atoms with E-state index in [9.17, 15) is 13.2 Å². The third kappa shape index (κ3) is 3.51. The smallest absolute Gasteiger partial charge is 0.405 e. The van der Waals surface area contributed by atoms with Crippen LogP contribution in [0.25, 0.3) is 11.1 Å². The van der Waals surface area contributed by atoms with Gasteiger partial charge in [0.1, 0.15) is 5.75 Å². The van der Waals surface area contributed by atoms with Crippen molar-refractivity contribution in [1.29, 1.82) is 0 Å². The zero-order chi connectivity index (χ0) is 14.8. The maximum atomic E-state index is 12.4. The molecule has 2 nitrogen and oxygen atoms in total. The predicted molar refractivity (Wildman–Crippen MR) is 71.2 cm³/mol. The third-order valence-electron chi connectivity index (χ3n) is 2.86. The molecule has 2 N–H and O–H groups in total. The van der Waals surface area contributed by atoms with Gasteiger partial charge in [0.2, 0.25) is 0 Å². The minimum Gasteiger partial charge on any atom is -0.405 e. The van der Waals surface area contributed by atoms with Crippen LogP contribution in [0.4, 0.5) is 13.2 Å². The Morgan fingerprint density at radius 2 is 1.60 bits per heavy atom. The molecule has 106 valence electrons. The highest BCUT2D eigenvalue weighted by molar-refractivity contribution is 5.70. The second-order valence-electron chi connectivity index (χ2n) is 4.45. The van der Waals surface area contributed by atoms with Gasteiger partial charge in [-0.3, -0.25) is 0 Å². The van der Waals surface area contributed by atoms with E-state index in [2.05, 4.69) is 4.74 Å². The molecular formula is C15H14F3NO. The van der Waals surface area contributed by atoms with Gasteiger partial charge in [-0.2, -0.15) is 0 Å². The van der Waals surface area contributed by atoms with Crippen LogP contribution in [0.15, 0.2) is 48.5 Å². The number of nitrogens with two attached hydrogens (primary N) is 1. The number of ether oxygens (including phenoxy) is 1. The zero-order valence-electron chi connectivity index (χ0n) is 10.8. The van der Waals surface area contributed by atoms with Gasteiger partial charge in [0.15, 0.2) is 0 Å². The summed E-state index contributed by atoms with van der Waals surface area (Å²) < 4.78 is 41.1. The molecule has 0 amide bonds. The summed E-state index contributed by atoms with van der Waals surface area (Å²) >= 11 is 0. The van der Waals surface area contributed by atoms with Crippen molar-refractivity contribution >= 4 is 0 Å². The maximum absolute atomic E-state index is 12.4. The van der Waals surface area contributed by atoms with E-state index in [1.807, 2.05) is 6.92 Å². The van der Waals surface area contributed by atoms with Gasteiger partial charge >= 0.3 is 6.36 Å². The summed E-state index contributed by atoms with van der Waals surface area (Å²) in [4.78, 5) is 0. The van der Waals surface area contributed by atoms with E-state index < -0.39 is 6.36 Å². The number of para-hydroxylation sites is 1. The second kappa shape index (κ2) is 5.54. The SMILES string of the molecule is C[C@H](N)c1ccc(-c2ccccc2OC(F)(F)F)cc1. The summed E-state index contributed by atoms with van der Waals surface area (Å²) in [6.45, 7) is 1.84. The van der Waals surface area contributed by atoms with Crippen LogP contribution in [0.5, 0.6) is 5.75 Å². The molecule has 0 fully saturated rings. The van der Waals surface area contributed by atoms with Crippen molar-refractivity contribution in [3.8, 4) is 16.9 Å². The van der Waals surface area contributed by atoms with E-state index in [-0.39, 0.29) is 11.8 Å². The molecule has 0 saturated heterocycles. The first kappa shape index (κ1) is 14.4. The van der Waals surface area contributed by atoms with Crippen molar-refractivity contribution in [2.24, 2.45) is 5.73 Å². The third-order valence-corrected chi connectivity index (χ3v) is 2.86. The van der Waals surface area contributed by atoms with Crippen LogP contribution >= 0.6 is 0 Å². The normalized spacial score (nSPS) is 13.1. The van der Waals surface area contributed by atoms with Crippen LogP contribution in [-0.4, -0.2) is 6.36 Å². The molecule has 0 aromatic heterocycles. The van der Waals surface area contributed by atoms with Crippen molar-refractivity contribution in [2.75, 3.05) is 0 Å². The highest BCUT2D eigenvalue weighted by atomic mass is 19.4. The molecule has 1 atom stereocenters. The molecule has 0 heterocycles. The summed E-state index contributed by atoms with van der Waals surface area (Å²) in [7, 11) is 0. The fourth-order valence-electron chi connectivity index (χ4n) is 1.89. The van der Waals surface area contributed by atoms with Gasteiger partial charge in [-0.05, 0) is 24.1 Å². The summed E-state index contributed by atoms with van der Waals surface area (Å²) in [6.07, 6.45) is -4.71. The Balaban J connectivity index is 2.37. The van der Waals surface area contributed by atoms with Gasteiger partial charge in [-0.15, -0.1) is 13.2 Å². The first-order valence-electron chi connectivity index (χ1n) is 6.07. The first-order valence-corrected chi connectivity index (χ1v) is 6.07. The molecule has 0 aliphatic heterocycles. The Labute approximate surface area is 115 Å². The predicted octanol–water partition coefficient (Wildman–Crippen LogP) is 4.27. The van der Waals surface area contributed by atoms with E-state index in [4.69, 9.17) is 5.73 Å². The van der Waals surface area contributed by atoms with E-state index in [1.54, 1.807) is 36.4 Å². The fourth-order valence-corrected chi connectivity index (χ4v) is 1.89. The molecule has 0 aliphatic rings. The summed E-state index contributed by atoms with van der Waals surface area (Å²) in [5, 5.41) is 0. The minimum atomic E-state index is -4.71. The lowest BCUT2D eigenvalue weighted by atomic mass is 10.0. The molecule has 2 aromatic carbocycles. The van der Waals surface area contributed by atoms with Gasteiger partial charge in [-0.25, -0.2) is 0 Å². The van der Waals surface area contributed by atoms with Crippen LogP contribution in [0, 0.1) is 0 Å². The average molecular weight is 281 g/mol. The Bertz CT molecular complexity index is 576. The molecule has 2 aromatic rings. The van der Waals surface area contributed by atoms with Gasteiger partial charge in [0.05, 0.1) is 0 Å². The highest BCUT2D eigenvalue weighted by Gasteiger charge is 2.32. The van der Waals surface area contributed by atoms with Crippen LogP contribution in [0.1, 0.15) is 18.5 Å². The number of benzene rings is 2. The first-order chi connectivity index (χ1) is 9.37. The van der Waals surface area contributed by atoms with E-state index in [0.717, 1.165) is 5.56 Å². The Kier molecular flexibility index (Phi) is 3.99.